The fourth-order valence-corrected chi connectivity index (χ4v) is 3.14. The van der Waals surface area contributed by atoms with Crippen molar-refractivity contribution in [3.05, 3.63) is 35.0 Å². The number of hydrogen-bond acceptors (Lipinski definition) is 5. The molecule has 9 heteroatoms. The van der Waals surface area contributed by atoms with Gasteiger partial charge in [0.25, 0.3) is 0 Å². The molecule has 1 aromatic carbocycles. The summed E-state index contributed by atoms with van der Waals surface area (Å²) in [7, 11) is 0. The second-order valence-corrected chi connectivity index (χ2v) is 6.72. The lowest BCUT2D eigenvalue weighted by Crippen LogP contribution is -2.19. The Morgan fingerprint density at radius 3 is 2.50 bits per heavy atom. The summed E-state index contributed by atoms with van der Waals surface area (Å²) in [4.78, 5) is 4.29. The third kappa shape index (κ3) is 4.97. The van der Waals surface area contributed by atoms with E-state index in [1.54, 1.807) is 0 Å². The van der Waals surface area contributed by atoms with Gasteiger partial charge in [0.1, 0.15) is 0 Å². The van der Waals surface area contributed by atoms with Crippen molar-refractivity contribution in [3.63, 3.8) is 0 Å². The maximum Gasteiger partial charge on any atom is 0.416 e. The highest BCUT2D eigenvalue weighted by molar-refractivity contribution is 6.33. The Hall–Kier alpha value is -2.09. The smallest absolute Gasteiger partial charge is 0.366 e. The molecule has 1 aliphatic carbocycles. The van der Waals surface area contributed by atoms with Crippen LogP contribution in [0.2, 0.25) is 5.02 Å². The first kappa shape index (κ1) is 18.7. The van der Waals surface area contributed by atoms with Crippen molar-refractivity contribution >= 4 is 29.1 Å². The monoisotopic (exact) mass is 385 g/mol. The van der Waals surface area contributed by atoms with Gasteiger partial charge in [-0.15, -0.1) is 5.10 Å². The van der Waals surface area contributed by atoms with Gasteiger partial charge in [-0.3, -0.25) is 0 Å². The van der Waals surface area contributed by atoms with Crippen molar-refractivity contribution < 1.29 is 13.2 Å². The van der Waals surface area contributed by atoms with E-state index in [0.29, 0.717) is 11.9 Å². The van der Waals surface area contributed by atoms with Crippen LogP contribution in [0.15, 0.2) is 24.4 Å². The zero-order chi connectivity index (χ0) is 18.6. The molecular weight excluding hydrogens is 367 g/mol. The van der Waals surface area contributed by atoms with E-state index in [1.165, 1.54) is 37.9 Å². The molecular formula is C17H19ClF3N5. The fraction of sp³-hybridized carbons (Fsp3) is 0.471. The van der Waals surface area contributed by atoms with Crippen molar-refractivity contribution in [3.8, 4) is 0 Å². The van der Waals surface area contributed by atoms with Crippen LogP contribution in [-0.2, 0) is 6.18 Å². The van der Waals surface area contributed by atoms with Gasteiger partial charge >= 0.3 is 6.18 Å². The van der Waals surface area contributed by atoms with Crippen LogP contribution in [0.4, 0.5) is 30.6 Å². The van der Waals surface area contributed by atoms with Crippen molar-refractivity contribution in [1.29, 1.82) is 0 Å². The van der Waals surface area contributed by atoms with Gasteiger partial charge in [-0.1, -0.05) is 37.3 Å². The van der Waals surface area contributed by atoms with Crippen molar-refractivity contribution in [2.45, 2.75) is 50.7 Å². The molecule has 26 heavy (non-hydrogen) atoms. The number of hydrogen-bond donors (Lipinski definition) is 2. The molecule has 3 rings (SSSR count). The van der Waals surface area contributed by atoms with Gasteiger partial charge in [-0.2, -0.15) is 23.3 Å². The van der Waals surface area contributed by atoms with E-state index < -0.39 is 11.7 Å². The number of anilines is 3. The Labute approximate surface area is 154 Å². The predicted molar refractivity (Wildman–Crippen MR) is 94.7 cm³/mol. The van der Waals surface area contributed by atoms with E-state index >= 15 is 0 Å². The lowest BCUT2D eigenvalue weighted by atomic mass is 10.1. The largest absolute Gasteiger partial charge is 0.416 e. The number of halogens is 4. The highest BCUT2D eigenvalue weighted by atomic mass is 35.5. The average Bonchev–Trinajstić information content (AvgIpc) is 2.85. The molecule has 5 nitrogen and oxygen atoms in total. The number of nitrogens with one attached hydrogen (secondary N) is 2. The summed E-state index contributed by atoms with van der Waals surface area (Å²) in [5.74, 6) is 0.627. The fourth-order valence-electron chi connectivity index (χ4n) is 2.98. The lowest BCUT2D eigenvalue weighted by molar-refractivity contribution is -0.137. The lowest BCUT2D eigenvalue weighted by Gasteiger charge is -2.17. The molecule has 1 aliphatic rings. The molecule has 0 spiro atoms. The summed E-state index contributed by atoms with van der Waals surface area (Å²) in [6.07, 6.45) is 3.98. The summed E-state index contributed by atoms with van der Waals surface area (Å²) in [5.41, 5.74) is -0.722. The standard InChI is InChI=1S/C17H19ClF3N5/c18-13-8-7-11(17(19,20)21)9-14(13)24-16-25-15(10-22-26-16)23-12-5-3-1-2-4-6-12/h7-10,12H,1-6H2,(H2,23,24,25,26). The predicted octanol–water partition coefficient (Wildman–Crippen LogP) is 5.42. The van der Waals surface area contributed by atoms with Gasteiger partial charge in [0.15, 0.2) is 5.82 Å². The van der Waals surface area contributed by atoms with Crippen LogP contribution < -0.4 is 10.6 Å². The molecule has 1 heterocycles. The maximum atomic E-state index is 12.9. The van der Waals surface area contributed by atoms with Gasteiger partial charge in [0.2, 0.25) is 5.95 Å². The summed E-state index contributed by atoms with van der Waals surface area (Å²) in [5, 5.41) is 13.9. The topological polar surface area (TPSA) is 62.7 Å². The van der Waals surface area contributed by atoms with E-state index in [1.807, 2.05) is 0 Å². The molecule has 0 amide bonds. The maximum absolute atomic E-state index is 12.9. The van der Waals surface area contributed by atoms with Crippen LogP contribution in [-0.4, -0.2) is 21.2 Å². The van der Waals surface area contributed by atoms with Crippen LogP contribution in [0.25, 0.3) is 0 Å². The second-order valence-electron chi connectivity index (χ2n) is 6.32. The summed E-state index contributed by atoms with van der Waals surface area (Å²) in [6.45, 7) is 0. The molecule has 0 unspecified atom stereocenters. The van der Waals surface area contributed by atoms with E-state index in [0.717, 1.165) is 25.0 Å². The van der Waals surface area contributed by atoms with Gasteiger partial charge < -0.3 is 10.6 Å². The number of rotatable bonds is 4. The van der Waals surface area contributed by atoms with Gasteiger partial charge in [0, 0.05) is 6.04 Å². The highest BCUT2D eigenvalue weighted by Crippen LogP contribution is 2.34. The molecule has 0 radical (unpaired) electrons. The third-order valence-corrected chi connectivity index (χ3v) is 4.64. The third-order valence-electron chi connectivity index (χ3n) is 4.31. The second kappa shape index (κ2) is 8.07. The van der Waals surface area contributed by atoms with Crippen molar-refractivity contribution in [2.75, 3.05) is 10.6 Å². The Morgan fingerprint density at radius 2 is 1.81 bits per heavy atom. The van der Waals surface area contributed by atoms with Crippen LogP contribution in [0.1, 0.15) is 44.1 Å². The number of aromatic nitrogens is 3. The Morgan fingerprint density at radius 1 is 1.08 bits per heavy atom. The molecule has 0 aliphatic heterocycles. The molecule has 0 atom stereocenters. The van der Waals surface area contributed by atoms with E-state index in [9.17, 15) is 13.2 Å². The zero-order valence-corrected chi connectivity index (χ0v) is 14.7. The van der Waals surface area contributed by atoms with Gasteiger partial charge in [-0.05, 0) is 31.0 Å². The van der Waals surface area contributed by atoms with Gasteiger partial charge in [0.05, 0.1) is 22.5 Å². The Kier molecular flexibility index (Phi) is 5.80. The van der Waals surface area contributed by atoms with E-state index in [2.05, 4.69) is 25.8 Å². The van der Waals surface area contributed by atoms with E-state index in [-0.39, 0.29) is 16.7 Å². The zero-order valence-electron chi connectivity index (χ0n) is 14.0. The van der Waals surface area contributed by atoms with Crippen LogP contribution in [0.5, 0.6) is 0 Å². The van der Waals surface area contributed by atoms with Crippen LogP contribution in [0, 0.1) is 0 Å². The minimum atomic E-state index is -4.46. The molecule has 1 saturated carbocycles. The van der Waals surface area contributed by atoms with E-state index in [4.69, 9.17) is 11.6 Å². The molecule has 1 fully saturated rings. The first-order valence-corrected chi connectivity index (χ1v) is 8.89. The SMILES string of the molecule is FC(F)(F)c1ccc(Cl)c(Nc2nncc(NC3CCCCCC3)n2)c1. The molecule has 0 bridgehead atoms. The number of alkyl halides is 3. The summed E-state index contributed by atoms with van der Waals surface area (Å²) < 4.78 is 38.6. The Balaban J connectivity index is 1.74. The minimum absolute atomic E-state index is 0.0786. The average molecular weight is 386 g/mol. The van der Waals surface area contributed by atoms with Crippen LogP contribution in [0.3, 0.4) is 0 Å². The minimum Gasteiger partial charge on any atom is -0.366 e. The summed E-state index contributed by atoms with van der Waals surface area (Å²) in [6, 6.07) is 3.36. The highest BCUT2D eigenvalue weighted by Gasteiger charge is 2.31. The van der Waals surface area contributed by atoms with Crippen molar-refractivity contribution in [1.82, 2.24) is 15.2 Å². The first-order valence-electron chi connectivity index (χ1n) is 8.52. The molecule has 2 N–H and O–H groups in total. The summed E-state index contributed by atoms with van der Waals surface area (Å²) >= 11 is 5.99. The number of benzene rings is 1. The normalized spacial score (nSPS) is 16.2. The first-order chi connectivity index (χ1) is 12.4. The molecule has 2 aromatic rings. The molecule has 0 saturated heterocycles. The number of nitrogens with zero attached hydrogens (tertiary/aromatic N) is 3. The quantitative estimate of drug-likeness (QED) is 0.688. The Bertz CT molecular complexity index is 745. The van der Waals surface area contributed by atoms with Crippen LogP contribution >= 0.6 is 11.6 Å². The molecule has 140 valence electrons. The van der Waals surface area contributed by atoms with Crippen molar-refractivity contribution in [2.24, 2.45) is 0 Å². The van der Waals surface area contributed by atoms with Gasteiger partial charge in [-0.25, -0.2) is 0 Å². The molecule has 1 aromatic heterocycles.